The Morgan fingerprint density at radius 3 is 2.64 bits per heavy atom. The number of aromatic nitrogens is 2. The van der Waals surface area contributed by atoms with Crippen LogP contribution >= 0.6 is 0 Å². The summed E-state index contributed by atoms with van der Waals surface area (Å²) in [5, 5.41) is 9.28. The Labute approximate surface area is 146 Å². The molecule has 0 aliphatic carbocycles. The lowest BCUT2D eigenvalue weighted by atomic mass is 10.2. The van der Waals surface area contributed by atoms with E-state index < -0.39 is 0 Å². The van der Waals surface area contributed by atoms with Gasteiger partial charge in [0.15, 0.2) is 0 Å². The Morgan fingerprint density at radius 1 is 1.28 bits per heavy atom. The number of rotatable bonds is 3. The molecule has 7 nitrogen and oxygen atoms in total. The maximum absolute atomic E-state index is 12.6. The lowest BCUT2D eigenvalue weighted by Gasteiger charge is -2.35. The molecule has 1 aliphatic rings. The third-order valence-electron chi connectivity index (χ3n) is 4.02. The number of carbonyl (C=O) groups is 1. The number of carbonyl (C=O) groups excluding carboxylic acids is 1. The normalized spacial score (nSPS) is 15.2. The number of amides is 1. The van der Waals surface area contributed by atoms with Crippen LogP contribution in [0.25, 0.3) is 6.08 Å². The molecule has 0 radical (unpaired) electrons. The summed E-state index contributed by atoms with van der Waals surface area (Å²) in [6, 6.07) is 7.35. The number of nitriles is 1. The monoisotopic (exact) mass is 337 g/mol. The molecule has 0 aromatic carbocycles. The molecule has 0 atom stereocenters. The molecular weight excluding hydrogens is 318 g/mol. The van der Waals surface area contributed by atoms with Crippen LogP contribution in [0.3, 0.4) is 0 Å². The van der Waals surface area contributed by atoms with Crippen LogP contribution in [0.4, 0.5) is 5.82 Å². The van der Waals surface area contributed by atoms with E-state index in [4.69, 9.17) is 4.42 Å². The molecule has 1 fully saturated rings. The molecular formula is C18H19N5O2. The topological polar surface area (TPSA) is 86.3 Å². The standard InChI is InChI=1S/C18H19N5O2/c1-13-10-17(21-14(2)20-13)22-5-7-23(8-6-22)18(24)15(12-19)11-16-4-3-9-25-16/h3-4,9-11H,5-8H2,1-2H3/b15-11-. The molecule has 0 N–H and O–H groups in total. The minimum absolute atomic E-state index is 0.0807. The predicted octanol–water partition coefficient (Wildman–Crippen LogP) is 1.94. The molecule has 0 spiro atoms. The lowest BCUT2D eigenvalue weighted by molar-refractivity contribution is -0.126. The van der Waals surface area contributed by atoms with Crippen molar-refractivity contribution in [2.75, 3.05) is 31.1 Å². The number of aryl methyl sites for hydroxylation is 2. The molecule has 2 aromatic rings. The zero-order chi connectivity index (χ0) is 17.8. The van der Waals surface area contributed by atoms with Crippen LogP contribution in [0.1, 0.15) is 17.3 Å². The second-order valence-corrected chi connectivity index (χ2v) is 5.88. The molecule has 3 heterocycles. The molecule has 1 saturated heterocycles. The quantitative estimate of drug-likeness (QED) is 0.628. The fourth-order valence-corrected chi connectivity index (χ4v) is 2.83. The molecule has 2 aromatic heterocycles. The Balaban J connectivity index is 1.67. The first kappa shape index (κ1) is 16.7. The van der Waals surface area contributed by atoms with E-state index in [1.165, 1.54) is 12.3 Å². The molecule has 0 unspecified atom stereocenters. The van der Waals surface area contributed by atoms with E-state index in [0.717, 1.165) is 17.3 Å². The molecule has 0 saturated carbocycles. The van der Waals surface area contributed by atoms with Crippen molar-refractivity contribution < 1.29 is 9.21 Å². The first-order valence-corrected chi connectivity index (χ1v) is 8.08. The third kappa shape index (κ3) is 3.86. The van der Waals surface area contributed by atoms with Crippen molar-refractivity contribution in [3.8, 4) is 6.07 Å². The van der Waals surface area contributed by atoms with Gasteiger partial charge in [0.05, 0.1) is 6.26 Å². The molecule has 1 amide bonds. The first-order valence-electron chi connectivity index (χ1n) is 8.08. The van der Waals surface area contributed by atoms with Crippen molar-refractivity contribution in [2.24, 2.45) is 0 Å². The van der Waals surface area contributed by atoms with Gasteiger partial charge in [-0.1, -0.05) is 0 Å². The van der Waals surface area contributed by atoms with Crippen LogP contribution in [0.15, 0.2) is 34.5 Å². The zero-order valence-corrected chi connectivity index (χ0v) is 14.3. The first-order chi connectivity index (χ1) is 12.1. The van der Waals surface area contributed by atoms with E-state index in [0.29, 0.717) is 31.9 Å². The molecule has 128 valence electrons. The van der Waals surface area contributed by atoms with Crippen LogP contribution in [-0.2, 0) is 4.79 Å². The van der Waals surface area contributed by atoms with Crippen LogP contribution < -0.4 is 4.90 Å². The number of furan rings is 1. The van der Waals surface area contributed by atoms with E-state index in [1.807, 2.05) is 26.0 Å². The fraction of sp³-hybridized carbons (Fsp3) is 0.333. The summed E-state index contributed by atoms with van der Waals surface area (Å²) in [4.78, 5) is 25.1. The molecule has 1 aliphatic heterocycles. The van der Waals surface area contributed by atoms with Gasteiger partial charge in [-0.15, -0.1) is 0 Å². The smallest absolute Gasteiger partial charge is 0.264 e. The third-order valence-corrected chi connectivity index (χ3v) is 4.02. The Bertz CT molecular complexity index is 807. The summed E-state index contributed by atoms with van der Waals surface area (Å²) in [6.07, 6.45) is 2.99. The van der Waals surface area contributed by atoms with Crippen molar-refractivity contribution in [2.45, 2.75) is 13.8 Å². The number of anilines is 1. The number of piperazine rings is 1. The van der Waals surface area contributed by atoms with Gasteiger partial charge in [-0.25, -0.2) is 9.97 Å². The second kappa shape index (κ2) is 7.18. The summed E-state index contributed by atoms with van der Waals surface area (Å²) < 4.78 is 5.18. The van der Waals surface area contributed by atoms with Crippen LogP contribution in [0.2, 0.25) is 0 Å². The van der Waals surface area contributed by atoms with Crippen LogP contribution in [-0.4, -0.2) is 47.0 Å². The van der Waals surface area contributed by atoms with E-state index in [-0.39, 0.29) is 11.5 Å². The summed E-state index contributed by atoms with van der Waals surface area (Å²) in [5.41, 5.74) is 1.01. The van der Waals surface area contributed by atoms with Crippen molar-refractivity contribution in [1.29, 1.82) is 5.26 Å². The van der Waals surface area contributed by atoms with Gasteiger partial charge in [-0.2, -0.15) is 5.26 Å². The van der Waals surface area contributed by atoms with E-state index in [9.17, 15) is 10.1 Å². The maximum Gasteiger partial charge on any atom is 0.264 e. The van der Waals surface area contributed by atoms with Gasteiger partial charge >= 0.3 is 0 Å². The highest BCUT2D eigenvalue weighted by Gasteiger charge is 2.24. The highest BCUT2D eigenvalue weighted by atomic mass is 16.3. The minimum atomic E-state index is -0.270. The molecule has 3 rings (SSSR count). The van der Waals surface area contributed by atoms with Crippen LogP contribution in [0, 0.1) is 25.2 Å². The minimum Gasteiger partial charge on any atom is -0.465 e. The Kier molecular flexibility index (Phi) is 4.80. The largest absolute Gasteiger partial charge is 0.465 e. The van der Waals surface area contributed by atoms with E-state index in [1.54, 1.807) is 17.0 Å². The average Bonchev–Trinajstić information content (AvgIpc) is 3.11. The van der Waals surface area contributed by atoms with Crippen molar-refractivity contribution in [1.82, 2.24) is 14.9 Å². The summed E-state index contributed by atoms with van der Waals surface area (Å²) in [5.74, 6) is 1.84. The molecule has 25 heavy (non-hydrogen) atoms. The summed E-state index contributed by atoms with van der Waals surface area (Å²) in [7, 11) is 0. The highest BCUT2D eigenvalue weighted by Crippen LogP contribution is 2.17. The van der Waals surface area contributed by atoms with Crippen molar-refractivity contribution >= 4 is 17.8 Å². The number of hydrogen-bond donors (Lipinski definition) is 0. The Morgan fingerprint density at radius 2 is 2.04 bits per heavy atom. The van der Waals surface area contributed by atoms with Gasteiger partial charge < -0.3 is 14.2 Å². The van der Waals surface area contributed by atoms with Crippen molar-refractivity contribution in [3.05, 3.63) is 47.3 Å². The van der Waals surface area contributed by atoms with E-state index >= 15 is 0 Å². The van der Waals surface area contributed by atoms with Crippen molar-refractivity contribution in [3.63, 3.8) is 0 Å². The van der Waals surface area contributed by atoms with Gasteiger partial charge in [-0.3, -0.25) is 4.79 Å². The SMILES string of the molecule is Cc1cc(N2CCN(C(=O)/C(C#N)=C\c3ccco3)CC2)nc(C)n1. The fourth-order valence-electron chi connectivity index (χ4n) is 2.83. The number of hydrogen-bond acceptors (Lipinski definition) is 6. The number of nitrogens with zero attached hydrogens (tertiary/aromatic N) is 5. The van der Waals surface area contributed by atoms with Gasteiger partial charge in [0.2, 0.25) is 0 Å². The second-order valence-electron chi connectivity index (χ2n) is 5.88. The Hall–Kier alpha value is -3.14. The van der Waals surface area contributed by atoms with Crippen LogP contribution in [0.5, 0.6) is 0 Å². The average molecular weight is 337 g/mol. The highest BCUT2D eigenvalue weighted by molar-refractivity contribution is 6.01. The van der Waals surface area contributed by atoms with Gasteiger partial charge in [-0.05, 0) is 26.0 Å². The summed E-state index contributed by atoms with van der Waals surface area (Å²) >= 11 is 0. The van der Waals surface area contributed by atoms with E-state index in [2.05, 4.69) is 14.9 Å². The predicted molar refractivity (Wildman–Crippen MR) is 92.6 cm³/mol. The lowest BCUT2D eigenvalue weighted by Crippen LogP contribution is -2.49. The molecule has 0 bridgehead atoms. The van der Waals surface area contributed by atoms with Gasteiger partial charge in [0, 0.05) is 44.0 Å². The maximum atomic E-state index is 12.6. The zero-order valence-electron chi connectivity index (χ0n) is 14.3. The van der Waals surface area contributed by atoms with Gasteiger partial charge in [0.25, 0.3) is 5.91 Å². The molecule has 7 heteroatoms. The van der Waals surface area contributed by atoms with Gasteiger partial charge in [0.1, 0.15) is 29.0 Å². The summed E-state index contributed by atoms with van der Waals surface area (Å²) in [6.45, 7) is 6.23.